The lowest BCUT2D eigenvalue weighted by molar-refractivity contribution is -0.229. The Morgan fingerprint density at radius 2 is 2.04 bits per heavy atom. The van der Waals surface area contributed by atoms with Crippen molar-refractivity contribution < 1.29 is 28.5 Å². The summed E-state index contributed by atoms with van der Waals surface area (Å²) in [5.74, 6) is 5.63. The third-order valence-electron chi connectivity index (χ3n) is 4.57. The maximum Gasteiger partial charge on any atom is 0.303 e. The van der Waals surface area contributed by atoms with Gasteiger partial charge in [0.15, 0.2) is 12.1 Å². The van der Waals surface area contributed by atoms with Crippen LogP contribution in [0, 0.1) is 11.8 Å². The maximum absolute atomic E-state index is 11.7. The van der Waals surface area contributed by atoms with Crippen molar-refractivity contribution in [3.8, 4) is 11.8 Å². The fourth-order valence-electron chi connectivity index (χ4n) is 3.54. The highest BCUT2D eigenvalue weighted by molar-refractivity contribution is 7.99. The lowest BCUT2D eigenvalue weighted by Crippen LogP contribution is -2.45. The molecule has 3 aliphatic heterocycles. The first-order chi connectivity index (χ1) is 12.9. The van der Waals surface area contributed by atoms with Crippen LogP contribution in [-0.2, 0) is 28.5 Å². The second-order valence-corrected chi connectivity index (χ2v) is 8.16. The highest BCUT2D eigenvalue weighted by Gasteiger charge is 2.57. The van der Waals surface area contributed by atoms with Crippen LogP contribution in [0.15, 0.2) is 29.2 Å². The second kappa shape index (κ2) is 7.46. The van der Waals surface area contributed by atoms with E-state index in [1.165, 1.54) is 6.92 Å². The van der Waals surface area contributed by atoms with Gasteiger partial charge in [0.25, 0.3) is 0 Å². The predicted molar refractivity (Wildman–Crippen MR) is 98.0 cm³/mol. The summed E-state index contributed by atoms with van der Waals surface area (Å²) < 4.78 is 29.5. The zero-order valence-electron chi connectivity index (χ0n) is 15.5. The van der Waals surface area contributed by atoms with Gasteiger partial charge < -0.3 is 23.7 Å². The monoisotopic (exact) mass is 390 g/mol. The van der Waals surface area contributed by atoms with Gasteiger partial charge in [0.1, 0.15) is 31.0 Å². The van der Waals surface area contributed by atoms with Crippen LogP contribution in [0.4, 0.5) is 0 Å². The molecule has 0 N–H and O–H groups in total. The molecule has 7 heteroatoms. The Morgan fingerprint density at radius 3 is 2.85 bits per heavy atom. The fraction of sp³-hybridized carbons (Fsp3) is 0.550. The largest absolute Gasteiger partial charge is 0.459 e. The average molecular weight is 390 g/mol. The first-order valence-corrected chi connectivity index (χ1v) is 9.92. The topological polar surface area (TPSA) is 63.2 Å². The molecule has 0 bridgehead atoms. The zero-order valence-corrected chi connectivity index (χ0v) is 16.3. The van der Waals surface area contributed by atoms with E-state index in [2.05, 4.69) is 11.8 Å². The molecule has 0 aromatic heterocycles. The van der Waals surface area contributed by atoms with Crippen LogP contribution >= 0.6 is 11.8 Å². The van der Waals surface area contributed by atoms with E-state index in [1.807, 2.05) is 38.1 Å². The average Bonchev–Trinajstić information content (AvgIpc) is 3.06. The van der Waals surface area contributed by atoms with Crippen molar-refractivity contribution in [2.45, 2.75) is 62.2 Å². The van der Waals surface area contributed by atoms with Crippen molar-refractivity contribution in [3.63, 3.8) is 0 Å². The Hall–Kier alpha value is -1.56. The fourth-order valence-corrected chi connectivity index (χ4v) is 4.59. The minimum atomic E-state index is -0.747. The molecule has 0 amide bonds. The Bertz CT molecular complexity index is 782. The molecular formula is C20H22O6S. The van der Waals surface area contributed by atoms with Crippen LogP contribution < -0.4 is 0 Å². The first-order valence-electron chi connectivity index (χ1n) is 8.93. The van der Waals surface area contributed by atoms with Gasteiger partial charge in [-0.3, -0.25) is 4.79 Å². The van der Waals surface area contributed by atoms with Crippen molar-refractivity contribution in [1.82, 2.24) is 0 Å². The van der Waals surface area contributed by atoms with Gasteiger partial charge in [-0.25, -0.2) is 0 Å². The maximum atomic E-state index is 11.7. The van der Waals surface area contributed by atoms with Gasteiger partial charge in [-0.05, 0) is 26.0 Å². The lowest BCUT2D eigenvalue weighted by Gasteiger charge is -2.30. The van der Waals surface area contributed by atoms with Gasteiger partial charge in [-0.15, -0.1) is 11.8 Å². The number of carbonyl (C=O) groups excluding carboxylic acids is 1. The Morgan fingerprint density at radius 1 is 1.22 bits per heavy atom. The van der Waals surface area contributed by atoms with Crippen molar-refractivity contribution in [1.29, 1.82) is 0 Å². The van der Waals surface area contributed by atoms with Crippen molar-refractivity contribution in [2.75, 3.05) is 12.4 Å². The van der Waals surface area contributed by atoms with Gasteiger partial charge in [0, 0.05) is 23.1 Å². The summed E-state index contributed by atoms with van der Waals surface area (Å²) in [7, 11) is 0. The van der Waals surface area contributed by atoms with E-state index in [9.17, 15) is 4.79 Å². The molecule has 0 aliphatic carbocycles. The molecule has 5 atom stereocenters. The van der Waals surface area contributed by atoms with Crippen LogP contribution in [-0.4, -0.2) is 54.8 Å². The molecule has 0 unspecified atom stereocenters. The van der Waals surface area contributed by atoms with Crippen molar-refractivity contribution >= 4 is 17.7 Å². The smallest absolute Gasteiger partial charge is 0.303 e. The van der Waals surface area contributed by atoms with Crippen LogP contribution in [0.5, 0.6) is 0 Å². The molecule has 4 rings (SSSR count). The van der Waals surface area contributed by atoms with E-state index in [0.717, 1.165) is 10.5 Å². The molecule has 0 saturated carbocycles. The van der Waals surface area contributed by atoms with E-state index in [0.29, 0.717) is 5.75 Å². The first kappa shape index (κ1) is 18.8. The number of rotatable bonds is 1. The van der Waals surface area contributed by atoms with E-state index >= 15 is 0 Å². The molecule has 1 aromatic rings. The summed E-state index contributed by atoms with van der Waals surface area (Å²) in [5, 5.41) is 0. The molecular weight excluding hydrogens is 368 g/mol. The summed E-state index contributed by atoms with van der Waals surface area (Å²) >= 11 is 1.58. The molecule has 144 valence electrons. The summed E-state index contributed by atoms with van der Waals surface area (Å²) in [6, 6.07) is 7.90. The van der Waals surface area contributed by atoms with Gasteiger partial charge >= 0.3 is 5.97 Å². The van der Waals surface area contributed by atoms with Crippen LogP contribution in [0.3, 0.4) is 0 Å². The summed E-state index contributed by atoms with van der Waals surface area (Å²) in [4.78, 5) is 12.7. The SMILES string of the molecule is CC(=O)O[C@@H]1CSc2ccccc2C#CCO[C@@H]2[C@H]3OC(C)(C)O[C@H]3O[C@@H]21. The van der Waals surface area contributed by atoms with Crippen LogP contribution in [0.1, 0.15) is 26.3 Å². The Kier molecular flexibility index (Phi) is 5.19. The predicted octanol–water partition coefficient (Wildman–Crippen LogP) is 2.34. The number of esters is 1. The van der Waals surface area contributed by atoms with Crippen molar-refractivity contribution in [3.05, 3.63) is 29.8 Å². The Labute approximate surface area is 162 Å². The van der Waals surface area contributed by atoms with Gasteiger partial charge in [0.05, 0.1) is 0 Å². The number of carbonyl (C=O) groups is 1. The number of ether oxygens (including phenoxy) is 5. The number of hydrogen-bond donors (Lipinski definition) is 0. The quantitative estimate of drug-likeness (QED) is 0.539. The summed E-state index contributed by atoms with van der Waals surface area (Å²) in [5.41, 5.74) is 0.931. The molecule has 3 heterocycles. The molecule has 0 radical (unpaired) electrons. The number of fused-ring (bicyclic) bond motifs is 4. The highest BCUT2D eigenvalue weighted by Crippen LogP contribution is 2.41. The summed E-state index contributed by atoms with van der Waals surface area (Å²) in [6.45, 7) is 5.30. The summed E-state index contributed by atoms with van der Waals surface area (Å²) in [6.07, 6.45) is -2.36. The molecule has 0 spiro atoms. The lowest BCUT2D eigenvalue weighted by atomic mass is 10.1. The van der Waals surface area contributed by atoms with Crippen LogP contribution in [0.2, 0.25) is 0 Å². The molecule has 2 saturated heterocycles. The minimum absolute atomic E-state index is 0.226. The third-order valence-corrected chi connectivity index (χ3v) is 5.73. The highest BCUT2D eigenvalue weighted by atomic mass is 32.2. The molecule has 27 heavy (non-hydrogen) atoms. The normalized spacial score (nSPS) is 34.3. The molecule has 1 aromatic carbocycles. The van der Waals surface area contributed by atoms with Gasteiger partial charge in [0.2, 0.25) is 0 Å². The zero-order chi connectivity index (χ0) is 19.0. The standard InChI is InChI=1S/C20H22O6S/c1-12(21)23-14-11-27-15-9-5-4-7-13(15)8-6-10-22-17-16(14)24-19-18(17)25-20(2,3)26-19/h4-5,7,9,14,16-19H,10-11H2,1-3H3/t14-,16-,17+,18-,19-/m1/s1. The van der Waals surface area contributed by atoms with E-state index in [1.54, 1.807) is 11.8 Å². The van der Waals surface area contributed by atoms with Gasteiger partial charge in [-0.2, -0.15) is 0 Å². The molecule has 2 fully saturated rings. The van der Waals surface area contributed by atoms with E-state index < -0.39 is 36.5 Å². The Balaban J connectivity index is 1.63. The third kappa shape index (κ3) is 4.00. The number of hydrogen-bond acceptors (Lipinski definition) is 7. The van der Waals surface area contributed by atoms with Crippen molar-refractivity contribution in [2.24, 2.45) is 0 Å². The van der Waals surface area contributed by atoms with Gasteiger partial charge in [-0.1, -0.05) is 24.0 Å². The number of benzene rings is 1. The molecule has 3 aliphatic rings. The van der Waals surface area contributed by atoms with E-state index in [4.69, 9.17) is 23.7 Å². The minimum Gasteiger partial charge on any atom is -0.459 e. The molecule has 6 nitrogen and oxygen atoms in total. The van der Waals surface area contributed by atoms with Crippen LogP contribution in [0.25, 0.3) is 0 Å². The van der Waals surface area contributed by atoms with E-state index in [-0.39, 0.29) is 12.6 Å². The second-order valence-electron chi connectivity index (χ2n) is 7.10. The number of thioether (sulfide) groups is 1.